The van der Waals surface area contributed by atoms with Crippen molar-refractivity contribution in [3.05, 3.63) is 103 Å². The third-order valence-corrected chi connectivity index (χ3v) is 5.72. The summed E-state index contributed by atoms with van der Waals surface area (Å²) >= 11 is 0. The minimum absolute atomic E-state index is 0.723. The molecule has 0 aliphatic rings. The van der Waals surface area contributed by atoms with Gasteiger partial charge in [-0.05, 0) is 72.3 Å². The van der Waals surface area contributed by atoms with Crippen LogP contribution in [0.1, 0.15) is 0 Å². The van der Waals surface area contributed by atoms with Crippen molar-refractivity contribution in [2.75, 3.05) is 7.11 Å². The molecule has 0 aliphatic heterocycles. The molecule has 0 spiro atoms. The van der Waals surface area contributed by atoms with E-state index in [2.05, 4.69) is 27.3 Å². The van der Waals surface area contributed by atoms with E-state index in [0.717, 1.165) is 56.4 Å². The fourth-order valence-corrected chi connectivity index (χ4v) is 4.05. The van der Waals surface area contributed by atoms with E-state index < -0.39 is 0 Å². The Morgan fingerprint density at radius 3 is 2.12 bits per heavy atom. The molecule has 0 radical (unpaired) electrons. The van der Waals surface area contributed by atoms with Crippen molar-refractivity contribution in [1.29, 1.82) is 0 Å². The molecule has 3 heterocycles. The van der Waals surface area contributed by atoms with Gasteiger partial charge in [0, 0.05) is 22.7 Å². The van der Waals surface area contributed by atoms with E-state index in [1.165, 1.54) is 0 Å². The molecule has 0 saturated heterocycles. The number of nitrogens with zero attached hydrogens (tertiary/aromatic N) is 4. The first kappa shape index (κ1) is 19.9. The summed E-state index contributed by atoms with van der Waals surface area (Å²) in [5.74, 6) is 3.08. The molecule has 3 aromatic heterocycles. The Labute approximate surface area is 196 Å². The summed E-state index contributed by atoms with van der Waals surface area (Å²) in [7, 11) is 1.66. The number of hydrogen-bond acceptors (Lipinski definition) is 5. The third-order valence-electron chi connectivity index (χ3n) is 5.72. The molecule has 6 rings (SSSR count). The average Bonchev–Trinajstić information content (AvgIpc) is 3.35. The van der Waals surface area contributed by atoms with Gasteiger partial charge < -0.3 is 9.47 Å². The van der Waals surface area contributed by atoms with Crippen molar-refractivity contribution in [2.45, 2.75) is 0 Å². The van der Waals surface area contributed by atoms with E-state index in [9.17, 15) is 0 Å². The Kier molecular flexibility index (Phi) is 4.88. The van der Waals surface area contributed by atoms with Gasteiger partial charge in [0.2, 0.25) is 0 Å². The predicted octanol–water partition coefficient (Wildman–Crippen LogP) is 6.41. The molecule has 0 amide bonds. The van der Waals surface area contributed by atoms with Gasteiger partial charge in [0.15, 0.2) is 11.5 Å². The lowest BCUT2D eigenvalue weighted by atomic mass is 10.0. The third kappa shape index (κ3) is 3.51. The Hall–Kier alpha value is -4.71. The lowest BCUT2D eigenvalue weighted by Crippen LogP contribution is -1.97. The van der Waals surface area contributed by atoms with Gasteiger partial charge in [-0.1, -0.05) is 30.3 Å². The molecule has 6 nitrogen and oxygen atoms in total. The topological polar surface area (TPSA) is 61.5 Å². The second-order valence-electron chi connectivity index (χ2n) is 7.82. The van der Waals surface area contributed by atoms with Crippen LogP contribution in [0, 0.1) is 0 Å². The first-order valence-electron chi connectivity index (χ1n) is 10.9. The smallest absolute Gasteiger partial charge is 0.170 e. The van der Waals surface area contributed by atoms with Crippen molar-refractivity contribution in [3.8, 4) is 39.8 Å². The predicted molar refractivity (Wildman–Crippen MR) is 132 cm³/mol. The van der Waals surface area contributed by atoms with Crippen LogP contribution in [0.4, 0.5) is 0 Å². The Morgan fingerprint density at radius 1 is 0.647 bits per heavy atom. The summed E-state index contributed by atoms with van der Waals surface area (Å²) in [6.45, 7) is 0. The van der Waals surface area contributed by atoms with E-state index in [1.807, 2.05) is 89.3 Å². The number of rotatable bonds is 5. The molecule has 0 bridgehead atoms. The van der Waals surface area contributed by atoms with Crippen LogP contribution in [0.3, 0.4) is 0 Å². The number of benzene rings is 3. The highest BCUT2D eigenvalue weighted by molar-refractivity contribution is 5.91. The lowest BCUT2D eigenvalue weighted by molar-refractivity contribution is 0.415. The maximum Gasteiger partial charge on any atom is 0.170 e. The molecule has 0 atom stereocenters. The quantitative estimate of drug-likeness (QED) is 0.307. The van der Waals surface area contributed by atoms with Gasteiger partial charge in [0.25, 0.3) is 0 Å². The Balaban J connectivity index is 1.47. The van der Waals surface area contributed by atoms with Crippen molar-refractivity contribution in [2.24, 2.45) is 0 Å². The summed E-state index contributed by atoms with van der Waals surface area (Å²) in [6, 6.07) is 31.6. The first-order chi connectivity index (χ1) is 16.8. The van der Waals surface area contributed by atoms with Crippen LogP contribution in [-0.4, -0.2) is 26.7 Å². The van der Waals surface area contributed by atoms with E-state index >= 15 is 0 Å². The Bertz CT molecular complexity index is 1590. The minimum atomic E-state index is 0.723. The fraction of sp³-hybridized carbons (Fsp3) is 0.0357. The molecular weight excluding hydrogens is 424 g/mol. The fourth-order valence-electron chi connectivity index (χ4n) is 4.05. The summed E-state index contributed by atoms with van der Waals surface area (Å²) < 4.78 is 13.3. The molecule has 3 aromatic carbocycles. The van der Waals surface area contributed by atoms with Crippen LogP contribution in [0.2, 0.25) is 0 Å². The van der Waals surface area contributed by atoms with Gasteiger partial charge in [-0.2, -0.15) is 0 Å². The number of para-hydroxylation sites is 1. The van der Waals surface area contributed by atoms with Crippen LogP contribution in [-0.2, 0) is 0 Å². The summed E-state index contributed by atoms with van der Waals surface area (Å²) in [5, 5.41) is 10.1. The molecule has 34 heavy (non-hydrogen) atoms. The average molecular weight is 444 g/mol. The second-order valence-corrected chi connectivity index (χ2v) is 7.82. The Morgan fingerprint density at radius 2 is 1.35 bits per heavy atom. The maximum absolute atomic E-state index is 5.94. The summed E-state index contributed by atoms with van der Waals surface area (Å²) in [5.41, 5.74) is 4.48. The molecule has 164 valence electrons. The van der Waals surface area contributed by atoms with E-state index in [1.54, 1.807) is 13.3 Å². The standard InChI is InChI=1S/C28H20N4O2/c1-33-22-13-9-19(10-14-22)25-18-21-6-5-17-29-26(21)32-27(30-31-28(25)32)20-11-15-24(16-12-20)34-23-7-3-2-4-8-23/h2-18H,1H3. The minimum Gasteiger partial charge on any atom is -0.497 e. The number of fused-ring (bicyclic) bond motifs is 3. The van der Waals surface area contributed by atoms with Gasteiger partial charge in [-0.3, -0.25) is 4.40 Å². The highest BCUT2D eigenvalue weighted by atomic mass is 16.5. The van der Waals surface area contributed by atoms with Crippen LogP contribution in [0.25, 0.3) is 39.2 Å². The lowest BCUT2D eigenvalue weighted by Gasteiger charge is -2.10. The largest absolute Gasteiger partial charge is 0.497 e. The first-order valence-corrected chi connectivity index (χ1v) is 10.9. The summed E-state index contributed by atoms with van der Waals surface area (Å²) in [4.78, 5) is 4.64. The molecular formula is C28H20N4O2. The van der Waals surface area contributed by atoms with E-state index in [4.69, 9.17) is 9.47 Å². The highest BCUT2D eigenvalue weighted by Gasteiger charge is 2.17. The normalized spacial score (nSPS) is 11.1. The number of pyridine rings is 2. The maximum atomic E-state index is 5.94. The van der Waals surface area contributed by atoms with Crippen molar-refractivity contribution >= 4 is 16.7 Å². The number of methoxy groups -OCH3 is 1. The van der Waals surface area contributed by atoms with Crippen molar-refractivity contribution in [3.63, 3.8) is 0 Å². The van der Waals surface area contributed by atoms with Crippen LogP contribution in [0.5, 0.6) is 17.2 Å². The number of hydrogen-bond donors (Lipinski definition) is 0. The van der Waals surface area contributed by atoms with Gasteiger partial charge in [0.05, 0.1) is 7.11 Å². The molecule has 0 saturated carbocycles. The zero-order valence-corrected chi connectivity index (χ0v) is 18.4. The molecule has 0 unspecified atom stereocenters. The van der Waals surface area contributed by atoms with Crippen molar-refractivity contribution < 1.29 is 9.47 Å². The van der Waals surface area contributed by atoms with Gasteiger partial charge in [-0.25, -0.2) is 4.98 Å². The van der Waals surface area contributed by atoms with Crippen LogP contribution in [0.15, 0.2) is 103 Å². The highest BCUT2D eigenvalue weighted by Crippen LogP contribution is 2.33. The monoisotopic (exact) mass is 444 g/mol. The van der Waals surface area contributed by atoms with Crippen LogP contribution >= 0.6 is 0 Å². The zero-order chi connectivity index (χ0) is 22.9. The van der Waals surface area contributed by atoms with Gasteiger partial charge in [-0.15, -0.1) is 10.2 Å². The molecule has 6 aromatic rings. The number of ether oxygens (including phenoxy) is 2. The molecule has 6 heteroatoms. The van der Waals surface area contributed by atoms with Crippen LogP contribution < -0.4 is 9.47 Å². The number of aromatic nitrogens is 4. The van der Waals surface area contributed by atoms with E-state index in [-0.39, 0.29) is 0 Å². The zero-order valence-electron chi connectivity index (χ0n) is 18.4. The van der Waals surface area contributed by atoms with Gasteiger partial charge >= 0.3 is 0 Å². The second kappa shape index (κ2) is 8.33. The van der Waals surface area contributed by atoms with Gasteiger partial charge in [0.1, 0.15) is 22.9 Å². The van der Waals surface area contributed by atoms with E-state index in [0.29, 0.717) is 0 Å². The molecule has 0 fully saturated rings. The SMILES string of the molecule is COc1ccc(-c2cc3cccnc3n3c(-c4ccc(Oc5ccccc5)cc4)nnc23)cc1. The molecule has 0 N–H and O–H groups in total. The molecule has 0 aliphatic carbocycles. The van der Waals surface area contributed by atoms with Crippen molar-refractivity contribution in [1.82, 2.24) is 19.6 Å². The summed E-state index contributed by atoms with van der Waals surface area (Å²) in [6.07, 6.45) is 1.79.